The molecule has 5 nitrogen and oxygen atoms in total. The molecule has 0 bridgehead atoms. The molecule has 1 heterocycles. The van der Waals surface area contributed by atoms with Crippen LogP contribution in [0.15, 0.2) is 18.2 Å². The van der Waals surface area contributed by atoms with Gasteiger partial charge in [-0.3, -0.25) is 4.79 Å². The summed E-state index contributed by atoms with van der Waals surface area (Å²) in [6, 6.07) is 5.60. The number of nitrogens with zero attached hydrogens (tertiary/aromatic N) is 1. The first-order valence-electron chi connectivity index (χ1n) is 11.4. The Kier molecular flexibility index (Phi) is 6.93. The number of carbonyl (C=O) groups excluding carboxylic acids is 1. The second kappa shape index (κ2) is 9.47. The van der Waals surface area contributed by atoms with Gasteiger partial charge >= 0.3 is 0 Å². The van der Waals surface area contributed by atoms with Crippen LogP contribution in [0.3, 0.4) is 0 Å². The average Bonchev–Trinajstić information content (AvgIpc) is 3.38. The van der Waals surface area contributed by atoms with E-state index >= 15 is 0 Å². The molecular formula is C23H32ClNO4S. The van der Waals surface area contributed by atoms with Crippen LogP contribution < -0.4 is 4.74 Å². The van der Waals surface area contributed by atoms with Gasteiger partial charge in [0.15, 0.2) is 16.4 Å². The Labute approximate surface area is 185 Å². The van der Waals surface area contributed by atoms with Crippen molar-refractivity contribution >= 4 is 27.3 Å². The van der Waals surface area contributed by atoms with Crippen molar-refractivity contribution in [3.05, 3.63) is 28.8 Å². The van der Waals surface area contributed by atoms with Gasteiger partial charge < -0.3 is 9.64 Å². The van der Waals surface area contributed by atoms with Crippen LogP contribution in [0.4, 0.5) is 0 Å². The van der Waals surface area contributed by atoms with Gasteiger partial charge in [0.2, 0.25) is 0 Å². The Morgan fingerprint density at radius 3 is 2.37 bits per heavy atom. The van der Waals surface area contributed by atoms with Gasteiger partial charge in [0, 0.05) is 17.1 Å². The zero-order valence-electron chi connectivity index (χ0n) is 17.5. The van der Waals surface area contributed by atoms with Crippen molar-refractivity contribution in [3.63, 3.8) is 0 Å². The van der Waals surface area contributed by atoms with Crippen LogP contribution in [0.2, 0.25) is 5.02 Å². The van der Waals surface area contributed by atoms with Crippen LogP contribution in [0.25, 0.3) is 0 Å². The van der Waals surface area contributed by atoms with E-state index in [-0.39, 0.29) is 36.1 Å². The van der Waals surface area contributed by atoms with Crippen molar-refractivity contribution in [2.75, 3.05) is 18.1 Å². The summed E-state index contributed by atoms with van der Waals surface area (Å²) in [6.07, 6.45) is 10.6. The Morgan fingerprint density at radius 1 is 1.00 bits per heavy atom. The number of amides is 1. The molecule has 1 aromatic rings. The van der Waals surface area contributed by atoms with Crippen LogP contribution in [-0.4, -0.2) is 49.4 Å². The van der Waals surface area contributed by atoms with Crippen molar-refractivity contribution in [3.8, 4) is 5.75 Å². The number of carbonyl (C=O) groups is 1. The summed E-state index contributed by atoms with van der Waals surface area (Å²) < 4.78 is 30.1. The third kappa shape index (κ3) is 5.13. The molecule has 30 heavy (non-hydrogen) atoms. The highest BCUT2D eigenvalue weighted by atomic mass is 35.5. The molecule has 0 spiro atoms. The molecule has 2 aliphatic carbocycles. The number of hydrogen-bond donors (Lipinski definition) is 0. The Hall–Kier alpha value is -1.27. The molecule has 1 saturated heterocycles. The van der Waals surface area contributed by atoms with E-state index in [1.165, 1.54) is 19.3 Å². The molecule has 3 fully saturated rings. The maximum atomic E-state index is 13.2. The Bertz CT molecular complexity index is 860. The number of benzene rings is 1. The molecule has 1 unspecified atom stereocenters. The fourth-order valence-corrected chi connectivity index (χ4v) is 7.37. The van der Waals surface area contributed by atoms with Crippen molar-refractivity contribution < 1.29 is 17.9 Å². The minimum absolute atomic E-state index is 0.0472. The van der Waals surface area contributed by atoms with Crippen molar-refractivity contribution in [2.24, 2.45) is 0 Å². The van der Waals surface area contributed by atoms with Crippen LogP contribution in [-0.2, 0) is 14.6 Å². The fourth-order valence-electron chi connectivity index (χ4n) is 5.48. The molecule has 7 heteroatoms. The summed E-state index contributed by atoms with van der Waals surface area (Å²) in [4.78, 5) is 15.1. The second-order valence-corrected chi connectivity index (χ2v) is 11.8. The molecule has 1 aromatic carbocycles. The van der Waals surface area contributed by atoms with Crippen LogP contribution in [0.5, 0.6) is 5.75 Å². The zero-order chi connectivity index (χ0) is 21.1. The summed E-state index contributed by atoms with van der Waals surface area (Å²) in [5.74, 6) is 1.34. The van der Waals surface area contributed by atoms with Gasteiger partial charge in [-0.25, -0.2) is 8.42 Å². The van der Waals surface area contributed by atoms with Gasteiger partial charge in [-0.05, 0) is 61.8 Å². The monoisotopic (exact) mass is 453 g/mol. The minimum Gasteiger partial charge on any atom is -0.483 e. The molecule has 0 radical (unpaired) electrons. The number of halogens is 1. The van der Waals surface area contributed by atoms with E-state index in [0.29, 0.717) is 17.4 Å². The lowest BCUT2D eigenvalue weighted by Gasteiger charge is -2.34. The molecule has 166 valence electrons. The smallest absolute Gasteiger partial charge is 0.261 e. The van der Waals surface area contributed by atoms with E-state index in [1.54, 1.807) is 0 Å². The lowest BCUT2D eigenvalue weighted by molar-refractivity contribution is -0.137. The SMILES string of the molecule is O=C(COc1ccc(Cl)cc1C1CCCCC1)N(C1CCCC1)C1CCS(=O)(=O)C1. The Balaban J connectivity index is 1.48. The number of ether oxygens (including phenoxy) is 1. The quantitative estimate of drug-likeness (QED) is 0.624. The molecule has 1 amide bonds. The molecule has 1 atom stereocenters. The first-order chi connectivity index (χ1) is 14.4. The average molecular weight is 454 g/mol. The molecule has 3 aliphatic rings. The van der Waals surface area contributed by atoms with E-state index < -0.39 is 9.84 Å². The van der Waals surface area contributed by atoms with Gasteiger partial charge in [0.1, 0.15) is 5.75 Å². The highest BCUT2D eigenvalue weighted by molar-refractivity contribution is 7.91. The van der Waals surface area contributed by atoms with Crippen LogP contribution >= 0.6 is 11.6 Å². The number of hydrogen-bond acceptors (Lipinski definition) is 4. The van der Waals surface area contributed by atoms with Crippen molar-refractivity contribution in [1.29, 1.82) is 0 Å². The summed E-state index contributed by atoms with van der Waals surface area (Å²) in [6.45, 7) is -0.0472. The van der Waals surface area contributed by atoms with E-state index in [4.69, 9.17) is 16.3 Å². The second-order valence-electron chi connectivity index (χ2n) is 9.10. The van der Waals surface area contributed by atoms with Gasteiger partial charge in [-0.15, -0.1) is 0 Å². The first kappa shape index (κ1) is 21.9. The third-order valence-electron chi connectivity index (χ3n) is 6.98. The zero-order valence-corrected chi connectivity index (χ0v) is 19.1. The van der Waals surface area contributed by atoms with Gasteiger partial charge in [0.05, 0.1) is 11.5 Å². The van der Waals surface area contributed by atoms with Crippen LogP contribution in [0, 0.1) is 0 Å². The molecule has 0 N–H and O–H groups in total. The summed E-state index contributed by atoms with van der Waals surface area (Å²) in [5.41, 5.74) is 1.10. The molecule has 4 rings (SSSR count). The topological polar surface area (TPSA) is 63.7 Å². The highest BCUT2D eigenvalue weighted by Gasteiger charge is 2.39. The maximum absolute atomic E-state index is 13.2. The molecular weight excluding hydrogens is 422 g/mol. The fraction of sp³-hybridized carbons (Fsp3) is 0.696. The van der Waals surface area contributed by atoms with E-state index in [2.05, 4.69) is 0 Å². The normalized spacial score (nSPS) is 24.8. The minimum atomic E-state index is -3.05. The summed E-state index contributed by atoms with van der Waals surface area (Å²) >= 11 is 6.26. The lowest BCUT2D eigenvalue weighted by atomic mass is 9.84. The molecule has 0 aromatic heterocycles. The first-order valence-corrected chi connectivity index (χ1v) is 13.6. The maximum Gasteiger partial charge on any atom is 0.261 e. The van der Waals surface area contributed by atoms with Crippen molar-refractivity contribution in [2.45, 2.75) is 82.2 Å². The summed E-state index contributed by atoms with van der Waals surface area (Å²) in [7, 11) is -3.05. The van der Waals surface area contributed by atoms with Gasteiger partial charge in [0.25, 0.3) is 5.91 Å². The third-order valence-corrected chi connectivity index (χ3v) is 8.96. The predicted molar refractivity (Wildman–Crippen MR) is 119 cm³/mol. The number of sulfone groups is 1. The van der Waals surface area contributed by atoms with Gasteiger partial charge in [-0.1, -0.05) is 43.7 Å². The predicted octanol–water partition coefficient (Wildman–Crippen LogP) is 4.72. The lowest BCUT2D eigenvalue weighted by Crippen LogP contribution is -2.48. The van der Waals surface area contributed by atoms with Gasteiger partial charge in [-0.2, -0.15) is 0 Å². The van der Waals surface area contributed by atoms with E-state index in [9.17, 15) is 13.2 Å². The van der Waals surface area contributed by atoms with E-state index in [0.717, 1.165) is 49.8 Å². The largest absolute Gasteiger partial charge is 0.483 e. The van der Waals surface area contributed by atoms with E-state index in [1.807, 2.05) is 23.1 Å². The molecule has 1 aliphatic heterocycles. The number of rotatable bonds is 6. The molecule has 2 saturated carbocycles. The highest BCUT2D eigenvalue weighted by Crippen LogP contribution is 2.39. The summed E-state index contributed by atoms with van der Waals surface area (Å²) in [5, 5.41) is 0.693. The standard InChI is InChI=1S/C23H32ClNO4S/c24-18-10-11-22(21(14-18)17-6-2-1-3-7-17)29-15-23(26)25(19-8-4-5-9-19)20-12-13-30(27,28)16-20/h10-11,14,17,19-20H,1-9,12-13,15-16H2. The van der Waals surface area contributed by atoms with Crippen LogP contribution in [0.1, 0.15) is 75.7 Å². The van der Waals surface area contributed by atoms with Crippen molar-refractivity contribution in [1.82, 2.24) is 4.90 Å². The Morgan fingerprint density at radius 2 is 1.70 bits per heavy atom.